The fourth-order valence-corrected chi connectivity index (χ4v) is 17.2. The number of hydrogen-bond acceptors (Lipinski definition) is 0. The van der Waals surface area contributed by atoms with Gasteiger partial charge in [-0.3, -0.25) is 0 Å². The van der Waals surface area contributed by atoms with Gasteiger partial charge in [-0.05, 0) is 219 Å². The second-order valence-electron chi connectivity index (χ2n) is 28.9. The van der Waals surface area contributed by atoms with Crippen LogP contribution in [0.2, 0.25) is 0 Å². The minimum atomic E-state index is -0.00578. The van der Waals surface area contributed by atoms with Crippen LogP contribution in [0, 0.1) is 35.5 Å². The highest BCUT2D eigenvalue weighted by Crippen LogP contribution is 2.56. The normalized spacial score (nSPS) is 21.6. The summed E-state index contributed by atoms with van der Waals surface area (Å²) in [5.41, 5.74) is 23.7. The summed E-state index contributed by atoms with van der Waals surface area (Å²) < 4.78 is 0. The summed E-state index contributed by atoms with van der Waals surface area (Å²) in [5, 5.41) is 15.7. The van der Waals surface area contributed by atoms with Crippen LogP contribution in [0.3, 0.4) is 0 Å². The minimum Gasteiger partial charge on any atom is -0.0767 e. The largest absolute Gasteiger partial charge is 0.0767 e. The minimum absolute atomic E-state index is 0.00578. The van der Waals surface area contributed by atoms with Crippen molar-refractivity contribution in [3.63, 3.8) is 0 Å². The van der Waals surface area contributed by atoms with E-state index in [0.717, 1.165) is 12.8 Å². The molecule has 11 aromatic carbocycles. The van der Waals surface area contributed by atoms with E-state index >= 15 is 0 Å². The molecule has 0 saturated carbocycles. The van der Waals surface area contributed by atoms with Gasteiger partial charge < -0.3 is 0 Å². The molecule has 11 aromatic rings. The number of rotatable bonds is 9. The van der Waals surface area contributed by atoms with Crippen molar-refractivity contribution in [1.82, 2.24) is 0 Å². The third-order valence-electron chi connectivity index (χ3n) is 22.3. The van der Waals surface area contributed by atoms with E-state index in [1.54, 1.807) is 0 Å². The Balaban J connectivity index is 0.579. The van der Waals surface area contributed by atoms with Gasteiger partial charge in [-0.1, -0.05) is 272 Å². The van der Waals surface area contributed by atoms with Gasteiger partial charge in [0.25, 0.3) is 0 Å². The Morgan fingerprint density at radius 1 is 0.416 bits per heavy atom. The van der Waals surface area contributed by atoms with Crippen LogP contribution < -0.4 is 0 Å². The van der Waals surface area contributed by atoms with Gasteiger partial charge in [-0.15, -0.1) is 0 Å². The zero-order valence-corrected chi connectivity index (χ0v) is 51.8. The summed E-state index contributed by atoms with van der Waals surface area (Å²) in [7, 11) is 0. The van der Waals surface area contributed by atoms with Gasteiger partial charge >= 0.3 is 0 Å². The Hall–Kier alpha value is -9.36. The Bertz CT molecular complexity index is 5220. The van der Waals surface area contributed by atoms with Crippen LogP contribution in [0.5, 0.6) is 0 Å². The molecule has 7 aliphatic rings. The van der Waals surface area contributed by atoms with E-state index in [4.69, 9.17) is 0 Å². The zero-order valence-electron chi connectivity index (χ0n) is 51.8. The first-order valence-corrected chi connectivity index (χ1v) is 32.8. The van der Waals surface area contributed by atoms with E-state index < -0.39 is 0 Å². The van der Waals surface area contributed by atoms with Gasteiger partial charge in [0.15, 0.2) is 0 Å². The van der Waals surface area contributed by atoms with Crippen molar-refractivity contribution in [2.45, 2.75) is 71.1 Å². The lowest BCUT2D eigenvalue weighted by molar-refractivity contribution is 0.325. The van der Waals surface area contributed by atoms with Gasteiger partial charge in [0.1, 0.15) is 0 Å². The molecule has 7 unspecified atom stereocenters. The molecule has 0 spiro atoms. The molecule has 0 fully saturated rings. The van der Waals surface area contributed by atoms with Gasteiger partial charge in [0.05, 0.1) is 0 Å². The van der Waals surface area contributed by atoms with E-state index in [1.807, 2.05) is 0 Å². The molecule has 0 N–H and O–H groups in total. The summed E-state index contributed by atoms with van der Waals surface area (Å²) in [6, 6.07) is 68.0. The van der Waals surface area contributed by atoms with E-state index in [2.05, 4.69) is 303 Å². The molecule has 0 bridgehead atoms. The summed E-state index contributed by atoms with van der Waals surface area (Å²) in [5.74, 6) is 2.76. The van der Waals surface area contributed by atoms with E-state index in [0.29, 0.717) is 41.4 Å². The molecular formula is C89H72. The predicted molar refractivity (Wildman–Crippen MR) is 381 cm³/mol. The summed E-state index contributed by atoms with van der Waals surface area (Å²) in [6.45, 7) is 14.4. The van der Waals surface area contributed by atoms with Crippen molar-refractivity contribution in [2.24, 2.45) is 35.5 Å². The maximum absolute atomic E-state index is 2.64. The summed E-state index contributed by atoms with van der Waals surface area (Å²) in [6.07, 6.45) is 36.6. The lowest BCUT2D eigenvalue weighted by atomic mass is 9.57. The second-order valence-corrected chi connectivity index (χ2v) is 28.9. The molecule has 0 heteroatoms. The van der Waals surface area contributed by atoms with Crippen molar-refractivity contribution < 1.29 is 0 Å². The Labute approximate surface area is 523 Å². The number of allylic oxidation sites excluding steroid dienone is 18. The van der Waals surface area contributed by atoms with Gasteiger partial charge in [0.2, 0.25) is 0 Å². The van der Waals surface area contributed by atoms with Crippen LogP contribution >= 0.6 is 0 Å². The van der Waals surface area contributed by atoms with Crippen molar-refractivity contribution in [3.05, 3.63) is 310 Å². The third kappa shape index (κ3) is 8.46. The first kappa shape index (κ1) is 52.7. The molecule has 89 heavy (non-hydrogen) atoms. The van der Waals surface area contributed by atoms with Crippen LogP contribution in [0.25, 0.3) is 110 Å². The first-order valence-electron chi connectivity index (χ1n) is 32.8. The van der Waals surface area contributed by atoms with E-state index in [-0.39, 0.29) is 10.8 Å². The van der Waals surface area contributed by atoms with Crippen LogP contribution in [0.4, 0.5) is 0 Å². The SMILES string of the molecule is CC(CCC(C)(C)c1cc2ccc3ccc(-c4ccc5cc(C6=CC=C7C=Cc8cc(C(C)(C)C)cc9c8C7C6C=C9)ccc5c4)c4ccc(c1)c2c34)C1=CC2C=CC3=CC=C(c4ccc5cc(-c6ccc7ccccc7c6)ccc5c4)C4C=CC(=C1)C2C34. The van der Waals surface area contributed by atoms with Crippen molar-refractivity contribution in [3.8, 4) is 22.3 Å². The molecular weight excluding hydrogens is 1070 g/mol. The topological polar surface area (TPSA) is 0 Å². The van der Waals surface area contributed by atoms with Gasteiger partial charge in [0, 0.05) is 35.5 Å². The molecule has 0 amide bonds. The molecule has 0 heterocycles. The molecule has 7 aliphatic carbocycles. The van der Waals surface area contributed by atoms with Crippen LogP contribution in [-0.4, -0.2) is 0 Å². The molecule has 0 radical (unpaired) electrons. The second kappa shape index (κ2) is 19.6. The molecule has 0 nitrogen and oxygen atoms in total. The predicted octanol–water partition coefficient (Wildman–Crippen LogP) is 23.6. The maximum atomic E-state index is 2.64. The molecule has 428 valence electrons. The van der Waals surface area contributed by atoms with Crippen molar-refractivity contribution >= 4 is 87.9 Å². The van der Waals surface area contributed by atoms with Crippen molar-refractivity contribution in [2.75, 3.05) is 0 Å². The molecule has 7 atom stereocenters. The number of benzene rings is 11. The Morgan fingerprint density at radius 2 is 0.978 bits per heavy atom. The Kier molecular flexibility index (Phi) is 11.6. The standard InChI is InChI=1S/C89H72/c1-52(73-46-67-24-12-54-27-33-76(79-36-30-68(47-73)82(67)85(54)79)64-21-18-60-42-59(16-17-61(60)43-64)58-15-11-53-9-7-8-10-57(53)41-58)39-40-89(5,6)75-50-70-26-14-56-29-35-78(81-38-32-72(51-75)84(70)87(56)81)66-23-20-62-44-65(22-19-63(62)45-66)77-34-28-55-13-25-69-48-74(88(2,3)4)49-71-31-37-80(77)86(55)83(69)71/h7-38,41-52,67,79-80,82,85-86H,39-40H2,1-6H3. The number of fused-ring (bicyclic) bond motifs is 3. The number of hydrogen-bond donors (Lipinski definition) is 0. The van der Waals surface area contributed by atoms with Gasteiger partial charge in [-0.2, -0.15) is 0 Å². The highest BCUT2D eigenvalue weighted by molar-refractivity contribution is 6.26. The fraction of sp³-hybridized carbons (Fsp3) is 0.191. The average molecular weight is 1140 g/mol. The monoisotopic (exact) mass is 1140 g/mol. The molecule has 18 rings (SSSR count). The maximum Gasteiger partial charge on any atom is 0.0205 e. The van der Waals surface area contributed by atoms with E-state index in [1.165, 1.54) is 159 Å². The summed E-state index contributed by atoms with van der Waals surface area (Å²) >= 11 is 0. The third-order valence-corrected chi connectivity index (χ3v) is 22.3. The lowest BCUT2D eigenvalue weighted by Gasteiger charge is -2.47. The summed E-state index contributed by atoms with van der Waals surface area (Å²) in [4.78, 5) is 0. The fourth-order valence-electron chi connectivity index (χ4n) is 17.2. The van der Waals surface area contributed by atoms with Crippen LogP contribution in [0.15, 0.2) is 271 Å². The zero-order chi connectivity index (χ0) is 59.6. The highest BCUT2D eigenvalue weighted by atomic mass is 14.5. The van der Waals surface area contributed by atoms with Gasteiger partial charge in [-0.25, -0.2) is 0 Å². The highest BCUT2D eigenvalue weighted by Gasteiger charge is 2.45. The first-order chi connectivity index (χ1) is 43.3. The molecule has 0 aliphatic heterocycles. The lowest BCUT2D eigenvalue weighted by Crippen LogP contribution is -2.37. The average Bonchev–Trinajstić information content (AvgIpc) is 1.10. The molecule has 0 aromatic heterocycles. The van der Waals surface area contributed by atoms with Crippen LogP contribution in [0.1, 0.15) is 99.2 Å². The van der Waals surface area contributed by atoms with Crippen LogP contribution in [-0.2, 0) is 10.8 Å². The van der Waals surface area contributed by atoms with E-state index in [9.17, 15) is 0 Å². The smallest absolute Gasteiger partial charge is 0.0205 e. The Morgan fingerprint density at radius 3 is 1.71 bits per heavy atom. The quantitative estimate of drug-likeness (QED) is 0.126. The van der Waals surface area contributed by atoms with Crippen molar-refractivity contribution in [1.29, 1.82) is 0 Å². The molecule has 0 saturated heterocycles.